The Balaban J connectivity index is 1.69. The molecule has 0 spiro atoms. The number of rotatable bonds is 5. The van der Waals surface area contributed by atoms with E-state index in [1.54, 1.807) is 6.33 Å². The summed E-state index contributed by atoms with van der Waals surface area (Å²) in [5, 5.41) is 1.13. The maximum Gasteiger partial charge on any atom is 0.150 e. The zero-order valence-electron chi connectivity index (χ0n) is 18.0. The second-order valence-electron chi connectivity index (χ2n) is 8.00. The highest BCUT2D eigenvalue weighted by atomic mass is 16.5. The van der Waals surface area contributed by atoms with E-state index in [1.165, 1.54) is 36.8 Å². The Labute approximate surface area is 183 Å². The molecule has 5 rings (SSSR count). The lowest BCUT2D eigenvalue weighted by molar-refractivity contribution is 0.340. The Bertz CT molecular complexity index is 1140. The van der Waals surface area contributed by atoms with E-state index in [0.717, 1.165) is 41.4 Å². The molecule has 158 valence electrons. The van der Waals surface area contributed by atoms with Gasteiger partial charge in [0, 0.05) is 30.5 Å². The molecule has 3 heterocycles. The van der Waals surface area contributed by atoms with Crippen LogP contribution < -0.4 is 9.64 Å². The molecule has 1 aliphatic heterocycles. The van der Waals surface area contributed by atoms with Crippen LogP contribution in [-0.4, -0.2) is 34.2 Å². The van der Waals surface area contributed by atoms with Crippen LogP contribution in [0.1, 0.15) is 32.6 Å². The van der Waals surface area contributed by atoms with Crippen molar-refractivity contribution in [3.63, 3.8) is 0 Å². The van der Waals surface area contributed by atoms with Crippen LogP contribution in [-0.2, 0) is 0 Å². The van der Waals surface area contributed by atoms with Crippen molar-refractivity contribution in [1.29, 1.82) is 0 Å². The van der Waals surface area contributed by atoms with Gasteiger partial charge >= 0.3 is 0 Å². The lowest BCUT2D eigenvalue weighted by Crippen LogP contribution is -2.25. The largest absolute Gasteiger partial charge is 0.494 e. The van der Waals surface area contributed by atoms with Crippen molar-refractivity contribution in [3.8, 4) is 22.6 Å². The Morgan fingerprint density at radius 3 is 2.32 bits per heavy atom. The number of ether oxygens (including phenoxy) is 1. The molecular formula is C26H28N4O. The highest BCUT2D eigenvalue weighted by Crippen LogP contribution is 2.37. The lowest BCUT2D eigenvalue weighted by Gasteiger charge is -2.22. The van der Waals surface area contributed by atoms with E-state index in [4.69, 9.17) is 14.7 Å². The first-order chi connectivity index (χ1) is 15.3. The fourth-order valence-corrected chi connectivity index (χ4v) is 4.47. The molecule has 0 unspecified atom stereocenters. The number of aromatic nitrogens is 3. The minimum Gasteiger partial charge on any atom is -0.494 e. The van der Waals surface area contributed by atoms with E-state index in [1.807, 2.05) is 19.1 Å². The van der Waals surface area contributed by atoms with Crippen LogP contribution in [0, 0.1) is 0 Å². The predicted molar refractivity (Wildman–Crippen MR) is 126 cm³/mol. The molecule has 1 fully saturated rings. The number of fused-ring (bicyclic) bond motifs is 1. The molecule has 2 aromatic heterocycles. The summed E-state index contributed by atoms with van der Waals surface area (Å²) in [4.78, 5) is 12.0. The maximum absolute atomic E-state index is 5.63. The normalized spacial score (nSPS) is 14.5. The van der Waals surface area contributed by atoms with Crippen LogP contribution in [0.2, 0.25) is 0 Å². The first kappa shape index (κ1) is 19.6. The summed E-state index contributed by atoms with van der Waals surface area (Å²) >= 11 is 0. The molecule has 0 atom stereocenters. The summed E-state index contributed by atoms with van der Waals surface area (Å²) in [6, 6.07) is 18.8. The summed E-state index contributed by atoms with van der Waals surface area (Å²) in [7, 11) is 0. The molecule has 2 aromatic carbocycles. The number of hydrogen-bond donors (Lipinski definition) is 0. The first-order valence-corrected chi connectivity index (χ1v) is 11.2. The van der Waals surface area contributed by atoms with Gasteiger partial charge < -0.3 is 14.2 Å². The van der Waals surface area contributed by atoms with Crippen molar-refractivity contribution in [3.05, 3.63) is 67.1 Å². The smallest absolute Gasteiger partial charge is 0.150 e. The summed E-state index contributed by atoms with van der Waals surface area (Å²) in [6.07, 6.45) is 8.93. The molecule has 0 amide bonds. The van der Waals surface area contributed by atoms with E-state index >= 15 is 0 Å². The van der Waals surface area contributed by atoms with E-state index in [-0.39, 0.29) is 0 Å². The Morgan fingerprint density at radius 1 is 0.871 bits per heavy atom. The van der Waals surface area contributed by atoms with Gasteiger partial charge in [0.2, 0.25) is 0 Å². The Morgan fingerprint density at radius 2 is 1.61 bits per heavy atom. The van der Waals surface area contributed by atoms with E-state index in [9.17, 15) is 0 Å². The van der Waals surface area contributed by atoms with Gasteiger partial charge in [-0.3, -0.25) is 0 Å². The summed E-state index contributed by atoms with van der Waals surface area (Å²) in [6.45, 7) is 4.76. The average molecular weight is 413 g/mol. The number of hydrogen-bond acceptors (Lipinski definition) is 4. The van der Waals surface area contributed by atoms with E-state index < -0.39 is 0 Å². The summed E-state index contributed by atoms with van der Waals surface area (Å²) in [5.74, 6) is 1.93. The van der Waals surface area contributed by atoms with Crippen LogP contribution in [0.25, 0.3) is 27.8 Å². The number of nitrogens with zero attached hydrogens (tertiary/aromatic N) is 4. The van der Waals surface area contributed by atoms with Crippen molar-refractivity contribution in [2.24, 2.45) is 0 Å². The van der Waals surface area contributed by atoms with Crippen molar-refractivity contribution in [2.75, 3.05) is 24.6 Å². The van der Waals surface area contributed by atoms with Crippen LogP contribution in [0.5, 0.6) is 5.75 Å². The Hall–Kier alpha value is -3.34. The van der Waals surface area contributed by atoms with E-state index in [0.29, 0.717) is 6.61 Å². The average Bonchev–Trinajstić information content (AvgIpc) is 3.00. The van der Waals surface area contributed by atoms with Crippen LogP contribution >= 0.6 is 0 Å². The molecule has 0 radical (unpaired) electrons. The van der Waals surface area contributed by atoms with Gasteiger partial charge in [-0.15, -0.1) is 0 Å². The molecule has 31 heavy (non-hydrogen) atoms. The highest BCUT2D eigenvalue weighted by Gasteiger charge is 2.21. The second-order valence-corrected chi connectivity index (χ2v) is 8.00. The zero-order valence-corrected chi connectivity index (χ0v) is 18.0. The van der Waals surface area contributed by atoms with Crippen molar-refractivity contribution >= 4 is 16.9 Å². The fourth-order valence-electron chi connectivity index (χ4n) is 4.47. The van der Waals surface area contributed by atoms with Crippen LogP contribution in [0.4, 0.5) is 5.82 Å². The minimum atomic E-state index is 0.663. The molecule has 0 N–H and O–H groups in total. The highest BCUT2D eigenvalue weighted by molar-refractivity contribution is 6.02. The molecule has 0 saturated carbocycles. The quantitative estimate of drug-likeness (QED) is 0.411. The SMILES string of the molecule is CCOc1ccc(-n2cc(-c3ccccc3)c3c(N4CCCCCC4)ncnc32)cc1. The molecule has 5 heteroatoms. The van der Waals surface area contributed by atoms with Gasteiger partial charge in [-0.05, 0) is 49.6 Å². The topological polar surface area (TPSA) is 43.2 Å². The third-order valence-electron chi connectivity index (χ3n) is 5.98. The van der Waals surface area contributed by atoms with Gasteiger partial charge in [0.1, 0.15) is 17.9 Å². The molecule has 4 aromatic rings. The molecule has 0 aliphatic carbocycles. The molecule has 1 aliphatic rings. The van der Waals surface area contributed by atoms with Crippen molar-refractivity contribution in [1.82, 2.24) is 14.5 Å². The lowest BCUT2D eigenvalue weighted by atomic mass is 10.1. The van der Waals surface area contributed by atoms with Gasteiger partial charge in [-0.25, -0.2) is 9.97 Å². The molecular weight excluding hydrogens is 384 g/mol. The van der Waals surface area contributed by atoms with Crippen molar-refractivity contribution < 1.29 is 4.74 Å². The van der Waals surface area contributed by atoms with Gasteiger partial charge in [0.25, 0.3) is 0 Å². The van der Waals surface area contributed by atoms with Crippen LogP contribution in [0.3, 0.4) is 0 Å². The van der Waals surface area contributed by atoms with Gasteiger partial charge in [-0.1, -0.05) is 43.2 Å². The summed E-state index contributed by atoms with van der Waals surface area (Å²) < 4.78 is 7.80. The van der Waals surface area contributed by atoms with Gasteiger partial charge in [-0.2, -0.15) is 0 Å². The fraction of sp³-hybridized carbons (Fsp3) is 0.308. The monoisotopic (exact) mass is 412 g/mol. The first-order valence-electron chi connectivity index (χ1n) is 11.2. The van der Waals surface area contributed by atoms with Crippen molar-refractivity contribution in [2.45, 2.75) is 32.6 Å². The third-order valence-corrected chi connectivity index (χ3v) is 5.98. The number of benzene rings is 2. The predicted octanol–water partition coefficient (Wildman–Crippen LogP) is 5.87. The van der Waals surface area contributed by atoms with E-state index in [2.05, 4.69) is 58.1 Å². The minimum absolute atomic E-state index is 0.663. The standard InChI is InChI=1S/C26H28N4O/c1-2-31-22-14-12-21(13-15-22)30-18-23(20-10-6-5-7-11-20)24-25(27-19-28-26(24)30)29-16-8-3-4-9-17-29/h5-7,10-15,18-19H,2-4,8-9,16-17H2,1H3. The molecule has 5 nitrogen and oxygen atoms in total. The van der Waals surface area contributed by atoms with Gasteiger partial charge in [0.15, 0.2) is 5.65 Å². The second kappa shape index (κ2) is 8.80. The number of anilines is 1. The summed E-state index contributed by atoms with van der Waals surface area (Å²) in [5.41, 5.74) is 4.36. The Kier molecular flexibility index (Phi) is 5.57. The third kappa shape index (κ3) is 3.88. The maximum atomic E-state index is 5.63. The van der Waals surface area contributed by atoms with Crippen LogP contribution in [0.15, 0.2) is 67.1 Å². The molecule has 1 saturated heterocycles. The molecule has 0 bridgehead atoms. The van der Waals surface area contributed by atoms with Gasteiger partial charge in [0.05, 0.1) is 12.0 Å². The zero-order chi connectivity index (χ0) is 21.0.